The number of rotatable bonds is 12. The van der Waals surface area contributed by atoms with Gasteiger partial charge in [-0.15, -0.1) is 0 Å². The molecule has 1 aromatic rings. The van der Waals surface area contributed by atoms with E-state index < -0.39 is 0 Å². The molecule has 0 aliphatic rings. The van der Waals surface area contributed by atoms with Crippen molar-refractivity contribution in [2.45, 2.75) is 90.9 Å². The summed E-state index contributed by atoms with van der Waals surface area (Å²) in [4.78, 5) is 0. The van der Waals surface area contributed by atoms with Crippen molar-refractivity contribution >= 4 is 5.82 Å². The van der Waals surface area contributed by atoms with Gasteiger partial charge in [0, 0.05) is 12.6 Å². The fraction of sp³-hybridized carbons (Fsp3) is 0.833. The lowest BCUT2D eigenvalue weighted by Gasteiger charge is -2.03. The first kappa shape index (κ1) is 18.1. The number of aromatic nitrogens is 2. The molecule has 21 heavy (non-hydrogen) atoms. The Kier molecular flexibility index (Phi) is 9.20. The summed E-state index contributed by atoms with van der Waals surface area (Å²) in [6.07, 6.45) is 15.6. The first-order valence-corrected chi connectivity index (χ1v) is 9.00. The van der Waals surface area contributed by atoms with Crippen molar-refractivity contribution in [3.05, 3.63) is 11.3 Å². The predicted octanol–water partition coefficient (Wildman–Crippen LogP) is 5.03. The number of nitrogen functional groups attached to an aromatic ring is 1. The average molecular weight is 293 g/mol. The van der Waals surface area contributed by atoms with Gasteiger partial charge in [0.2, 0.25) is 0 Å². The van der Waals surface area contributed by atoms with Crippen molar-refractivity contribution < 1.29 is 0 Å². The van der Waals surface area contributed by atoms with Crippen molar-refractivity contribution in [1.82, 2.24) is 9.78 Å². The van der Waals surface area contributed by atoms with E-state index in [1.54, 1.807) is 0 Å². The normalized spacial score (nSPS) is 11.2. The van der Waals surface area contributed by atoms with Crippen LogP contribution in [0.15, 0.2) is 0 Å². The molecule has 0 unspecified atom stereocenters. The van der Waals surface area contributed by atoms with Crippen LogP contribution in [0.2, 0.25) is 0 Å². The molecule has 0 atom stereocenters. The Morgan fingerprint density at radius 2 is 1.38 bits per heavy atom. The molecule has 0 saturated heterocycles. The van der Waals surface area contributed by atoms with Gasteiger partial charge in [-0.1, -0.05) is 71.6 Å². The summed E-state index contributed by atoms with van der Waals surface area (Å²) < 4.78 is 1.84. The molecule has 3 nitrogen and oxygen atoms in total. The van der Waals surface area contributed by atoms with Crippen LogP contribution in [0.5, 0.6) is 0 Å². The lowest BCUT2D eigenvalue weighted by atomic mass is 10.0. The molecule has 1 aromatic heterocycles. The van der Waals surface area contributed by atoms with Gasteiger partial charge in [-0.25, -0.2) is 0 Å². The molecule has 0 aliphatic heterocycles. The van der Waals surface area contributed by atoms with E-state index in [2.05, 4.69) is 18.9 Å². The maximum Gasteiger partial charge on any atom is 0.124 e. The Balaban J connectivity index is 2.16. The van der Waals surface area contributed by atoms with Crippen LogP contribution < -0.4 is 5.73 Å². The molecule has 1 heterocycles. The zero-order valence-corrected chi connectivity index (χ0v) is 14.5. The summed E-state index contributed by atoms with van der Waals surface area (Å²) in [6, 6.07) is 0. The summed E-state index contributed by atoms with van der Waals surface area (Å²) in [5.41, 5.74) is 8.63. The number of nitrogens with zero attached hydrogens (tertiary/aromatic N) is 2. The summed E-state index contributed by atoms with van der Waals surface area (Å²) in [5, 5.41) is 4.59. The number of hydrogen-bond donors (Lipinski definition) is 1. The van der Waals surface area contributed by atoms with Crippen molar-refractivity contribution in [2.24, 2.45) is 7.05 Å². The number of unbranched alkanes of at least 4 members (excludes halogenated alkanes) is 8. The van der Waals surface area contributed by atoms with Crippen LogP contribution in [0.1, 0.15) is 89.3 Å². The van der Waals surface area contributed by atoms with Gasteiger partial charge >= 0.3 is 0 Å². The fourth-order valence-electron chi connectivity index (χ4n) is 2.96. The molecule has 0 bridgehead atoms. The summed E-state index contributed by atoms with van der Waals surface area (Å²) in [5.74, 6) is 0.864. The van der Waals surface area contributed by atoms with Gasteiger partial charge in [0.25, 0.3) is 0 Å². The van der Waals surface area contributed by atoms with Crippen LogP contribution in [0, 0.1) is 0 Å². The molecule has 0 aromatic carbocycles. The third-order valence-corrected chi connectivity index (χ3v) is 4.29. The van der Waals surface area contributed by atoms with E-state index in [0.29, 0.717) is 0 Å². The van der Waals surface area contributed by atoms with Crippen LogP contribution in [0.4, 0.5) is 5.82 Å². The first-order chi connectivity index (χ1) is 10.2. The Bertz CT molecular complexity index is 382. The second-order valence-corrected chi connectivity index (χ2v) is 6.26. The molecule has 0 aliphatic carbocycles. The lowest BCUT2D eigenvalue weighted by Crippen LogP contribution is -1.99. The highest BCUT2D eigenvalue weighted by molar-refractivity contribution is 5.43. The molecule has 0 radical (unpaired) electrons. The SMILES string of the molecule is CCCCCCCCCCCc1nn(C)c(N)c1CCC. The maximum absolute atomic E-state index is 6.10. The van der Waals surface area contributed by atoms with Gasteiger partial charge in [0.15, 0.2) is 0 Å². The van der Waals surface area contributed by atoms with Crippen LogP contribution in [0.25, 0.3) is 0 Å². The van der Waals surface area contributed by atoms with Gasteiger partial charge < -0.3 is 5.73 Å². The highest BCUT2D eigenvalue weighted by Crippen LogP contribution is 2.20. The van der Waals surface area contributed by atoms with Gasteiger partial charge in [-0.3, -0.25) is 4.68 Å². The van der Waals surface area contributed by atoms with Crippen LogP contribution in [-0.2, 0) is 19.9 Å². The second-order valence-electron chi connectivity index (χ2n) is 6.26. The summed E-state index contributed by atoms with van der Waals surface area (Å²) >= 11 is 0. The summed E-state index contributed by atoms with van der Waals surface area (Å²) in [7, 11) is 1.95. The fourth-order valence-corrected chi connectivity index (χ4v) is 2.96. The van der Waals surface area contributed by atoms with Gasteiger partial charge in [0.1, 0.15) is 5.82 Å². The third-order valence-electron chi connectivity index (χ3n) is 4.29. The van der Waals surface area contributed by atoms with Crippen molar-refractivity contribution in [3.63, 3.8) is 0 Å². The monoisotopic (exact) mass is 293 g/mol. The Morgan fingerprint density at radius 1 is 0.810 bits per heavy atom. The van der Waals surface area contributed by atoms with Gasteiger partial charge in [-0.05, 0) is 19.3 Å². The van der Waals surface area contributed by atoms with Crippen LogP contribution in [0.3, 0.4) is 0 Å². The third kappa shape index (κ3) is 6.54. The molecule has 0 spiro atoms. The minimum absolute atomic E-state index is 0.864. The van der Waals surface area contributed by atoms with Crippen molar-refractivity contribution in [3.8, 4) is 0 Å². The van der Waals surface area contributed by atoms with Gasteiger partial charge in [0.05, 0.1) is 5.69 Å². The Labute approximate surface area is 131 Å². The molecule has 0 fully saturated rings. The second kappa shape index (κ2) is 10.7. The van der Waals surface area contributed by atoms with E-state index in [4.69, 9.17) is 5.73 Å². The molecular formula is C18H35N3. The minimum atomic E-state index is 0.864. The average Bonchev–Trinajstić information content (AvgIpc) is 2.74. The van der Waals surface area contributed by atoms with E-state index in [0.717, 1.165) is 25.1 Å². The molecule has 0 saturated carbocycles. The zero-order valence-electron chi connectivity index (χ0n) is 14.5. The molecular weight excluding hydrogens is 258 g/mol. The van der Waals surface area contributed by atoms with E-state index in [9.17, 15) is 0 Å². The Hall–Kier alpha value is -0.990. The Morgan fingerprint density at radius 3 is 1.95 bits per heavy atom. The lowest BCUT2D eigenvalue weighted by molar-refractivity contribution is 0.562. The largest absolute Gasteiger partial charge is 0.384 e. The number of anilines is 1. The number of nitrogens with two attached hydrogens (primary N) is 1. The molecule has 1 rings (SSSR count). The quantitative estimate of drug-likeness (QED) is 0.549. The van der Waals surface area contributed by atoms with Crippen LogP contribution >= 0.6 is 0 Å². The predicted molar refractivity (Wildman–Crippen MR) is 92.5 cm³/mol. The minimum Gasteiger partial charge on any atom is -0.384 e. The standard InChI is InChI=1S/C18H35N3/c1-4-6-7-8-9-10-11-12-13-15-17-16(14-5-2)18(19)21(3)20-17/h4-15,19H2,1-3H3. The molecule has 3 heteroatoms. The number of hydrogen-bond acceptors (Lipinski definition) is 2. The number of aryl methyl sites for hydroxylation is 2. The zero-order chi connectivity index (χ0) is 15.5. The van der Waals surface area contributed by atoms with Crippen molar-refractivity contribution in [2.75, 3.05) is 5.73 Å². The molecule has 0 amide bonds. The topological polar surface area (TPSA) is 43.8 Å². The summed E-state index contributed by atoms with van der Waals surface area (Å²) in [6.45, 7) is 4.48. The van der Waals surface area contributed by atoms with Crippen LogP contribution in [-0.4, -0.2) is 9.78 Å². The smallest absolute Gasteiger partial charge is 0.124 e. The highest BCUT2D eigenvalue weighted by Gasteiger charge is 2.12. The molecule has 2 N–H and O–H groups in total. The van der Waals surface area contributed by atoms with Crippen molar-refractivity contribution in [1.29, 1.82) is 0 Å². The van der Waals surface area contributed by atoms with E-state index >= 15 is 0 Å². The van der Waals surface area contributed by atoms with E-state index in [1.807, 2.05) is 11.7 Å². The van der Waals surface area contributed by atoms with E-state index in [-0.39, 0.29) is 0 Å². The van der Waals surface area contributed by atoms with E-state index in [1.165, 1.54) is 69.0 Å². The first-order valence-electron chi connectivity index (χ1n) is 9.00. The highest BCUT2D eigenvalue weighted by atomic mass is 15.3. The van der Waals surface area contributed by atoms with Gasteiger partial charge in [-0.2, -0.15) is 5.10 Å². The molecule has 122 valence electrons. The maximum atomic E-state index is 6.10.